The molecular formula is C26H25ClO5. The molecule has 32 heavy (non-hydrogen) atoms. The lowest BCUT2D eigenvalue weighted by Gasteiger charge is -2.28. The molecule has 0 spiro atoms. The van der Waals surface area contributed by atoms with Crippen LogP contribution in [0.3, 0.4) is 0 Å². The molecule has 0 heterocycles. The fourth-order valence-electron chi connectivity index (χ4n) is 4.51. The summed E-state index contributed by atoms with van der Waals surface area (Å²) in [5.74, 6) is 0.423. The van der Waals surface area contributed by atoms with Gasteiger partial charge < -0.3 is 14.2 Å². The number of benzene rings is 3. The van der Waals surface area contributed by atoms with Crippen LogP contribution in [0.25, 0.3) is 10.8 Å². The Labute approximate surface area is 192 Å². The second-order valence-corrected chi connectivity index (χ2v) is 8.39. The molecule has 0 aliphatic heterocycles. The summed E-state index contributed by atoms with van der Waals surface area (Å²) < 4.78 is 16.8. The van der Waals surface area contributed by atoms with E-state index in [1.165, 1.54) is 7.11 Å². The summed E-state index contributed by atoms with van der Waals surface area (Å²) in [5, 5.41) is 2.01. The molecule has 5 nitrogen and oxygen atoms in total. The minimum atomic E-state index is -0.434. The summed E-state index contributed by atoms with van der Waals surface area (Å²) in [6.07, 6.45) is 0.574. The molecule has 0 radical (unpaired) electrons. The largest absolute Gasteiger partial charge is 0.496 e. The van der Waals surface area contributed by atoms with Crippen molar-refractivity contribution >= 4 is 33.9 Å². The van der Waals surface area contributed by atoms with Crippen molar-refractivity contribution < 1.29 is 23.8 Å². The standard InChI is InChI=1S/C26H25ClO5/c1-15-18-11-17(21(29)14-32-13-16-7-5-4-6-8-16)12-20(28)24(18)26(31-3)25-22(30-2)10-9-19(27)23(15)25/h4-10,17H,11-14H2,1-3H3/t17-/m1/s1. The SMILES string of the molecule is COc1ccc(Cl)c2c(C)c3c(c(OC)c12)C(=O)C[C@H](C(=O)COCc1ccccc1)C3. The number of halogens is 1. The zero-order chi connectivity index (χ0) is 22.8. The molecular weight excluding hydrogens is 428 g/mol. The van der Waals surface area contributed by atoms with Crippen molar-refractivity contribution in [2.24, 2.45) is 5.92 Å². The van der Waals surface area contributed by atoms with E-state index in [0.717, 1.165) is 22.1 Å². The Kier molecular flexibility index (Phi) is 6.49. The van der Waals surface area contributed by atoms with Crippen molar-refractivity contribution in [1.29, 1.82) is 0 Å². The van der Waals surface area contributed by atoms with Crippen LogP contribution in [0.2, 0.25) is 5.02 Å². The third-order valence-corrected chi connectivity index (χ3v) is 6.41. The molecule has 0 saturated heterocycles. The van der Waals surface area contributed by atoms with Crippen molar-refractivity contribution in [3.8, 4) is 11.5 Å². The second kappa shape index (κ2) is 9.31. The molecule has 0 saturated carbocycles. The molecule has 4 rings (SSSR count). The van der Waals surface area contributed by atoms with E-state index in [9.17, 15) is 9.59 Å². The minimum Gasteiger partial charge on any atom is -0.496 e. The van der Waals surface area contributed by atoms with Gasteiger partial charge in [0, 0.05) is 22.7 Å². The molecule has 0 aromatic heterocycles. The maximum atomic E-state index is 13.2. The number of fused-ring (bicyclic) bond motifs is 2. The quantitative estimate of drug-likeness (QED) is 0.483. The highest BCUT2D eigenvalue weighted by molar-refractivity contribution is 6.36. The number of carbonyl (C=O) groups excluding carboxylic acids is 2. The highest BCUT2D eigenvalue weighted by atomic mass is 35.5. The monoisotopic (exact) mass is 452 g/mol. The van der Waals surface area contributed by atoms with E-state index in [1.807, 2.05) is 37.3 Å². The third-order valence-electron chi connectivity index (χ3n) is 6.10. The maximum Gasteiger partial charge on any atom is 0.167 e. The van der Waals surface area contributed by atoms with E-state index in [1.54, 1.807) is 19.2 Å². The number of Topliss-reactive ketones (excluding diaryl/α,β-unsaturated/α-hetero) is 2. The van der Waals surface area contributed by atoms with Crippen molar-refractivity contribution in [1.82, 2.24) is 0 Å². The third kappa shape index (κ3) is 3.98. The Morgan fingerprint density at radius 1 is 1.03 bits per heavy atom. The van der Waals surface area contributed by atoms with E-state index in [0.29, 0.717) is 40.5 Å². The van der Waals surface area contributed by atoms with E-state index in [2.05, 4.69) is 0 Å². The lowest BCUT2D eigenvalue weighted by molar-refractivity contribution is -0.128. The number of rotatable bonds is 7. The summed E-state index contributed by atoms with van der Waals surface area (Å²) in [4.78, 5) is 26.1. The Morgan fingerprint density at radius 3 is 2.47 bits per heavy atom. The Bertz CT molecular complexity index is 1190. The van der Waals surface area contributed by atoms with Gasteiger partial charge in [-0.15, -0.1) is 0 Å². The fraction of sp³-hybridized carbons (Fsp3) is 0.308. The average molecular weight is 453 g/mol. The van der Waals surface area contributed by atoms with Gasteiger partial charge in [0.25, 0.3) is 0 Å². The van der Waals surface area contributed by atoms with Gasteiger partial charge in [-0.05, 0) is 42.2 Å². The molecule has 3 aromatic rings. The fourth-order valence-corrected chi connectivity index (χ4v) is 4.81. The number of methoxy groups -OCH3 is 2. The minimum absolute atomic E-state index is 0.0273. The summed E-state index contributed by atoms with van der Waals surface area (Å²) in [6, 6.07) is 13.2. The molecule has 1 atom stereocenters. The van der Waals surface area contributed by atoms with E-state index in [-0.39, 0.29) is 24.6 Å². The van der Waals surface area contributed by atoms with E-state index < -0.39 is 5.92 Å². The summed E-state index contributed by atoms with van der Waals surface area (Å²) in [6.45, 7) is 2.26. The van der Waals surface area contributed by atoms with E-state index in [4.69, 9.17) is 25.8 Å². The first-order chi connectivity index (χ1) is 15.5. The van der Waals surface area contributed by atoms with Crippen LogP contribution in [0.15, 0.2) is 42.5 Å². The summed E-state index contributed by atoms with van der Waals surface area (Å²) in [7, 11) is 3.11. The highest BCUT2D eigenvalue weighted by Crippen LogP contribution is 2.46. The molecule has 0 amide bonds. The van der Waals surface area contributed by atoms with Crippen LogP contribution in [-0.2, 0) is 22.6 Å². The first-order valence-electron chi connectivity index (χ1n) is 10.5. The molecule has 166 valence electrons. The summed E-state index contributed by atoms with van der Waals surface area (Å²) >= 11 is 6.54. The molecule has 6 heteroatoms. The Morgan fingerprint density at radius 2 is 1.78 bits per heavy atom. The molecule has 0 N–H and O–H groups in total. The number of ether oxygens (including phenoxy) is 3. The zero-order valence-corrected chi connectivity index (χ0v) is 19.1. The molecule has 0 unspecified atom stereocenters. The van der Waals surface area contributed by atoms with Gasteiger partial charge in [-0.2, -0.15) is 0 Å². The van der Waals surface area contributed by atoms with Gasteiger partial charge in [-0.25, -0.2) is 0 Å². The maximum absolute atomic E-state index is 13.2. The second-order valence-electron chi connectivity index (χ2n) is 7.98. The topological polar surface area (TPSA) is 61.8 Å². The van der Waals surface area contributed by atoms with Gasteiger partial charge in [0.1, 0.15) is 18.1 Å². The molecule has 1 aliphatic carbocycles. The first-order valence-corrected chi connectivity index (χ1v) is 10.9. The molecule has 1 aliphatic rings. The lowest BCUT2D eigenvalue weighted by atomic mass is 9.77. The van der Waals surface area contributed by atoms with Crippen LogP contribution in [-0.4, -0.2) is 32.4 Å². The normalized spacial score (nSPS) is 15.5. The van der Waals surface area contributed by atoms with Crippen molar-refractivity contribution in [3.63, 3.8) is 0 Å². The lowest BCUT2D eigenvalue weighted by Crippen LogP contribution is -2.30. The number of hydrogen-bond donors (Lipinski definition) is 0. The highest BCUT2D eigenvalue weighted by Gasteiger charge is 2.35. The van der Waals surface area contributed by atoms with Gasteiger partial charge in [-0.3, -0.25) is 9.59 Å². The van der Waals surface area contributed by atoms with Gasteiger partial charge in [0.2, 0.25) is 0 Å². The van der Waals surface area contributed by atoms with Gasteiger partial charge in [-0.1, -0.05) is 41.9 Å². The number of aryl methyl sites for hydroxylation is 1. The molecule has 3 aromatic carbocycles. The smallest absolute Gasteiger partial charge is 0.167 e. The Balaban J connectivity index is 1.66. The van der Waals surface area contributed by atoms with Crippen LogP contribution < -0.4 is 9.47 Å². The van der Waals surface area contributed by atoms with Crippen LogP contribution in [0.1, 0.15) is 33.5 Å². The van der Waals surface area contributed by atoms with Gasteiger partial charge in [0.05, 0.1) is 31.8 Å². The van der Waals surface area contributed by atoms with Crippen LogP contribution >= 0.6 is 11.6 Å². The van der Waals surface area contributed by atoms with Crippen molar-refractivity contribution in [2.75, 3.05) is 20.8 Å². The zero-order valence-electron chi connectivity index (χ0n) is 18.4. The van der Waals surface area contributed by atoms with Crippen molar-refractivity contribution in [2.45, 2.75) is 26.4 Å². The first kappa shape index (κ1) is 22.3. The van der Waals surface area contributed by atoms with Crippen LogP contribution in [0, 0.1) is 12.8 Å². The Hall–Kier alpha value is -2.89. The van der Waals surface area contributed by atoms with Gasteiger partial charge >= 0.3 is 0 Å². The predicted octanol–water partition coefficient (Wildman–Crippen LogP) is 5.35. The van der Waals surface area contributed by atoms with Gasteiger partial charge in [0.15, 0.2) is 11.6 Å². The molecule has 0 bridgehead atoms. The number of ketones is 2. The number of carbonyl (C=O) groups is 2. The van der Waals surface area contributed by atoms with Crippen molar-refractivity contribution in [3.05, 3.63) is 69.7 Å². The molecule has 0 fully saturated rings. The predicted molar refractivity (Wildman–Crippen MR) is 124 cm³/mol. The van der Waals surface area contributed by atoms with Crippen LogP contribution in [0.4, 0.5) is 0 Å². The summed E-state index contributed by atoms with van der Waals surface area (Å²) in [5.41, 5.74) is 3.20. The number of hydrogen-bond acceptors (Lipinski definition) is 5. The average Bonchev–Trinajstić information content (AvgIpc) is 2.80. The van der Waals surface area contributed by atoms with Crippen LogP contribution in [0.5, 0.6) is 11.5 Å². The van der Waals surface area contributed by atoms with E-state index >= 15 is 0 Å².